The minimum Gasteiger partial charge on any atom is -0.350 e. The van der Waals surface area contributed by atoms with Gasteiger partial charge in [-0.25, -0.2) is 5.06 Å². The molecule has 0 aromatic carbocycles. The lowest BCUT2D eigenvalue weighted by molar-refractivity contribution is -0.286. The van der Waals surface area contributed by atoms with Crippen LogP contribution >= 0.6 is 0 Å². The van der Waals surface area contributed by atoms with Gasteiger partial charge in [0.2, 0.25) is 5.91 Å². The number of hydrogen-bond acceptors (Lipinski definition) is 4. The molecule has 1 rings (SSSR count). The summed E-state index contributed by atoms with van der Waals surface area (Å²) in [6.45, 7) is 8.74. The van der Waals surface area contributed by atoms with Crippen LogP contribution in [0.3, 0.4) is 0 Å². The number of carbonyl (C=O) groups excluding carboxylic acids is 1. The average Bonchev–Trinajstić information content (AvgIpc) is 2.39. The first-order valence-electron chi connectivity index (χ1n) is 6.54. The molecule has 0 N–H and O–H groups in total. The van der Waals surface area contributed by atoms with Gasteiger partial charge in [0.1, 0.15) is 0 Å². The summed E-state index contributed by atoms with van der Waals surface area (Å²) in [7, 11) is 3.09. The van der Waals surface area contributed by atoms with E-state index in [1.807, 2.05) is 19.9 Å². The first-order chi connectivity index (χ1) is 8.84. The lowest BCUT2D eigenvalue weighted by Crippen LogP contribution is -2.46. The summed E-state index contributed by atoms with van der Waals surface area (Å²) in [5.41, 5.74) is -0.165. The molecule has 1 amide bonds. The van der Waals surface area contributed by atoms with Gasteiger partial charge < -0.3 is 9.47 Å². The van der Waals surface area contributed by atoms with E-state index in [-0.39, 0.29) is 11.3 Å². The maximum Gasteiger partial charge on any atom is 0.245 e. The van der Waals surface area contributed by atoms with E-state index in [1.54, 1.807) is 7.05 Å². The predicted molar refractivity (Wildman–Crippen MR) is 72.2 cm³/mol. The van der Waals surface area contributed by atoms with E-state index in [0.717, 1.165) is 6.42 Å². The topological polar surface area (TPSA) is 48.0 Å². The number of allylic oxidation sites excluding steroid dienone is 1. The van der Waals surface area contributed by atoms with Crippen molar-refractivity contribution in [3.05, 3.63) is 12.7 Å². The highest BCUT2D eigenvalue weighted by atomic mass is 16.7. The number of hydroxylamine groups is 2. The van der Waals surface area contributed by atoms with E-state index in [1.165, 1.54) is 12.2 Å². The van der Waals surface area contributed by atoms with Crippen LogP contribution in [0.15, 0.2) is 12.7 Å². The number of rotatable bonds is 6. The predicted octanol–water partition coefficient (Wildman–Crippen LogP) is 2.13. The van der Waals surface area contributed by atoms with E-state index >= 15 is 0 Å². The molecule has 1 heterocycles. The summed E-state index contributed by atoms with van der Waals surface area (Å²) in [5, 5.41) is 1.25. The number of amides is 1. The Labute approximate surface area is 115 Å². The van der Waals surface area contributed by atoms with Gasteiger partial charge in [-0.3, -0.25) is 9.63 Å². The normalized spacial score (nSPS) is 20.8. The fraction of sp³-hybridized carbons (Fsp3) is 0.786. The van der Waals surface area contributed by atoms with E-state index in [9.17, 15) is 4.79 Å². The van der Waals surface area contributed by atoms with Gasteiger partial charge in [-0.2, -0.15) is 0 Å². The zero-order chi connectivity index (χ0) is 14.5. The summed E-state index contributed by atoms with van der Waals surface area (Å²) in [6.07, 6.45) is 3.73. The van der Waals surface area contributed by atoms with Gasteiger partial charge in [-0.05, 0) is 26.7 Å². The molecule has 0 bridgehead atoms. The maximum atomic E-state index is 11.8. The zero-order valence-corrected chi connectivity index (χ0v) is 12.4. The Hall–Kier alpha value is -0.910. The van der Waals surface area contributed by atoms with Crippen molar-refractivity contribution in [2.75, 3.05) is 27.4 Å². The monoisotopic (exact) mass is 271 g/mol. The second kappa shape index (κ2) is 6.50. The van der Waals surface area contributed by atoms with Gasteiger partial charge in [0.05, 0.1) is 20.3 Å². The van der Waals surface area contributed by atoms with Crippen molar-refractivity contribution in [2.45, 2.75) is 38.9 Å². The zero-order valence-electron chi connectivity index (χ0n) is 12.4. The van der Waals surface area contributed by atoms with Crippen molar-refractivity contribution in [2.24, 2.45) is 5.41 Å². The molecule has 0 radical (unpaired) electrons. The molecule has 1 fully saturated rings. The molecule has 1 saturated heterocycles. The summed E-state index contributed by atoms with van der Waals surface area (Å²) < 4.78 is 11.5. The van der Waals surface area contributed by atoms with Crippen LogP contribution in [0.1, 0.15) is 33.1 Å². The average molecular weight is 271 g/mol. The number of nitrogens with zero attached hydrogens (tertiary/aromatic N) is 1. The Bertz CT molecular complexity index is 317. The molecule has 5 heteroatoms. The van der Waals surface area contributed by atoms with Gasteiger partial charge in [0.15, 0.2) is 5.79 Å². The van der Waals surface area contributed by atoms with Crippen molar-refractivity contribution >= 4 is 5.91 Å². The van der Waals surface area contributed by atoms with Gasteiger partial charge >= 0.3 is 0 Å². The summed E-state index contributed by atoms with van der Waals surface area (Å²) in [4.78, 5) is 16.7. The highest BCUT2D eigenvalue weighted by molar-refractivity contribution is 5.74. The molecule has 0 spiro atoms. The molecular weight excluding hydrogens is 246 g/mol. The second-order valence-electron chi connectivity index (χ2n) is 5.54. The Morgan fingerprint density at radius 2 is 2.00 bits per heavy atom. The molecule has 1 aliphatic rings. The molecule has 19 heavy (non-hydrogen) atoms. The third kappa shape index (κ3) is 4.60. The van der Waals surface area contributed by atoms with Gasteiger partial charge in [0.25, 0.3) is 0 Å². The number of ether oxygens (including phenoxy) is 2. The van der Waals surface area contributed by atoms with Crippen LogP contribution in [-0.4, -0.2) is 44.1 Å². The minimum absolute atomic E-state index is 0.0456. The van der Waals surface area contributed by atoms with Crippen LogP contribution in [0, 0.1) is 5.41 Å². The molecule has 5 nitrogen and oxygen atoms in total. The van der Waals surface area contributed by atoms with Crippen molar-refractivity contribution in [3.63, 3.8) is 0 Å². The smallest absolute Gasteiger partial charge is 0.245 e. The number of hydrogen-bond donors (Lipinski definition) is 0. The lowest BCUT2D eigenvalue weighted by Gasteiger charge is -2.43. The molecule has 110 valence electrons. The van der Waals surface area contributed by atoms with Crippen molar-refractivity contribution < 1.29 is 19.1 Å². The Morgan fingerprint density at radius 1 is 1.42 bits per heavy atom. The van der Waals surface area contributed by atoms with Crippen LogP contribution in [0.4, 0.5) is 0 Å². The van der Waals surface area contributed by atoms with Crippen molar-refractivity contribution in [1.29, 1.82) is 0 Å². The summed E-state index contributed by atoms with van der Waals surface area (Å²) >= 11 is 0. The molecule has 0 aromatic rings. The highest BCUT2D eigenvalue weighted by Crippen LogP contribution is 2.36. The van der Waals surface area contributed by atoms with E-state index < -0.39 is 5.79 Å². The van der Waals surface area contributed by atoms with E-state index in [4.69, 9.17) is 14.3 Å². The first kappa shape index (κ1) is 16.1. The third-order valence-corrected chi connectivity index (χ3v) is 3.52. The summed E-state index contributed by atoms with van der Waals surface area (Å²) in [5.74, 6) is -0.589. The van der Waals surface area contributed by atoms with Gasteiger partial charge in [-0.1, -0.05) is 6.08 Å². The number of carbonyl (C=O) groups is 1. The maximum absolute atomic E-state index is 11.8. The Morgan fingerprint density at radius 3 is 2.47 bits per heavy atom. The molecule has 0 aromatic heterocycles. The molecule has 0 aliphatic carbocycles. The molecule has 0 saturated carbocycles. The Balaban J connectivity index is 2.58. The summed E-state index contributed by atoms with van der Waals surface area (Å²) in [6, 6.07) is 0. The van der Waals surface area contributed by atoms with Crippen LogP contribution < -0.4 is 0 Å². The van der Waals surface area contributed by atoms with Crippen LogP contribution in [0.25, 0.3) is 0 Å². The largest absolute Gasteiger partial charge is 0.350 e. The van der Waals surface area contributed by atoms with Crippen LogP contribution in [0.2, 0.25) is 0 Å². The minimum atomic E-state index is -0.544. The Kier molecular flexibility index (Phi) is 5.52. The first-order valence-corrected chi connectivity index (χ1v) is 6.54. The molecule has 1 aliphatic heterocycles. The molecule has 0 unspecified atom stereocenters. The fourth-order valence-electron chi connectivity index (χ4n) is 2.04. The van der Waals surface area contributed by atoms with E-state index in [0.29, 0.717) is 26.1 Å². The lowest BCUT2D eigenvalue weighted by atomic mass is 9.80. The third-order valence-electron chi connectivity index (χ3n) is 3.52. The second-order valence-corrected chi connectivity index (χ2v) is 5.54. The standard InChI is InChI=1S/C14H25NO4/c1-6-8-14(9-7-12(16)15(4)17-5)10-18-13(2,3)19-11-14/h6H,1,7-11H2,2-5H3. The van der Waals surface area contributed by atoms with E-state index in [2.05, 4.69) is 6.58 Å². The fourth-order valence-corrected chi connectivity index (χ4v) is 2.04. The van der Waals surface area contributed by atoms with Crippen molar-refractivity contribution in [3.8, 4) is 0 Å². The van der Waals surface area contributed by atoms with Crippen LogP contribution in [0.5, 0.6) is 0 Å². The van der Waals surface area contributed by atoms with Crippen molar-refractivity contribution in [1.82, 2.24) is 5.06 Å². The SMILES string of the molecule is C=CCC1(CCC(=O)N(C)OC)COC(C)(C)OC1. The molecular formula is C14H25NO4. The van der Waals surface area contributed by atoms with Crippen LogP contribution in [-0.2, 0) is 19.1 Å². The quantitative estimate of drug-likeness (QED) is 0.548. The van der Waals surface area contributed by atoms with Gasteiger partial charge in [0, 0.05) is 18.9 Å². The highest BCUT2D eigenvalue weighted by Gasteiger charge is 2.39. The van der Waals surface area contributed by atoms with Gasteiger partial charge in [-0.15, -0.1) is 6.58 Å². The molecule has 0 atom stereocenters.